The minimum atomic E-state index is -0.352. The zero-order chi connectivity index (χ0) is 17.8. The molecule has 0 spiro atoms. The van der Waals surface area contributed by atoms with Crippen LogP contribution in [0.15, 0.2) is 40.3 Å². The SMILES string of the molecule is Cc1nc([C@@H](C)NC(=O)c2coc(COc3ccc(F)cc3)n2)cs1. The fourth-order valence-corrected chi connectivity index (χ4v) is 2.79. The largest absolute Gasteiger partial charge is 0.484 e. The molecule has 1 aromatic carbocycles. The van der Waals surface area contributed by atoms with Crippen LogP contribution in [-0.4, -0.2) is 15.9 Å². The second-order valence-electron chi connectivity index (χ2n) is 5.36. The molecule has 130 valence electrons. The molecule has 6 nitrogen and oxygen atoms in total. The number of nitrogens with zero attached hydrogens (tertiary/aromatic N) is 2. The van der Waals surface area contributed by atoms with E-state index in [9.17, 15) is 9.18 Å². The van der Waals surface area contributed by atoms with Crippen LogP contribution in [0, 0.1) is 12.7 Å². The van der Waals surface area contributed by atoms with Crippen molar-refractivity contribution in [2.75, 3.05) is 0 Å². The maximum absolute atomic E-state index is 12.8. The lowest BCUT2D eigenvalue weighted by Gasteiger charge is -2.09. The molecule has 0 aliphatic carbocycles. The summed E-state index contributed by atoms with van der Waals surface area (Å²) in [7, 11) is 0. The Bertz CT molecular complexity index is 860. The van der Waals surface area contributed by atoms with E-state index >= 15 is 0 Å². The van der Waals surface area contributed by atoms with Crippen molar-refractivity contribution in [1.82, 2.24) is 15.3 Å². The zero-order valence-corrected chi connectivity index (χ0v) is 14.5. The molecule has 1 amide bonds. The van der Waals surface area contributed by atoms with Crippen molar-refractivity contribution in [2.24, 2.45) is 0 Å². The van der Waals surface area contributed by atoms with Crippen LogP contribution in [0.4, 0.5) is 4.39 Å². The summed E-state index contributed by atoms with van der Waals surface area (Å²) in [6.07, 6.45) is 1.28. The summed E-state index contributed by atoms with van der Waals surface area (Å²) in [5.41, 5.74) is 0.968. The molecule has 3 rings (SSSR count). The number of carbonyl (C=O) groups excluding carboxylic acids is 1. The van der Waals surface area contributed by atoms with Crippen molar-refractivity contribution in [1.29, 1.82) is 0 Å². The van der Waals surface area contributed by atoms with Crippen molar-refractivity contribution < 1.29 is 18.3 Å². The predicted molar refractivity (Wildman–Crippen MR) is 90.0 cm³/mol. The highest BCUT2D eigenvalue weighted by Crippen LogP contribution is 2.17. The van der Waals surface area contributed by atoms with E-state index in [1.54, 1.807) is 0 Å². The first kappa shape index (κ1) is 17.1. The molecule has 1 N–H and O–H groups in total. The first-order valence-corrected chi connectivity index (χ1v) is 8.45. The van der Waals surface area contributed by atoms with Crippen LogP contribution in [0.25, 0.3) is 0 Å². The number of halogens is 1. The van der Waals surface area contributed by atoms with E-state index in [-0.39, 0.29) is 36.0 Å². The molecule has 0 radical (unpaired) electrons. The van der Waals surface area contributed by atoms with Gasteiger partial charge in [0.25, 0.3) is 5.91 Å². The van der Waals surface area contributed by atoms with Crippen LogP contribution < -0.4 is 10.1 Å². The smallest absolute Gasteiger partial charge is 0.273 e. The van der Waals surface area contributed by atoms with Crippen molar-refractivity contribution in [3.8, 4) is 5.75 Å². The number of hydrogen-bond acceptors (Lipinski definition) is 6. The normalized spacial score (nSPS) is 12.0. The fraction of sp³-hybridized carbons (Fsp3) is 0.235. The number of nitrogens with one attached hydrogen (secondary N) is 1. The highest BCUT2D eigenvalue weighted by atomic mass is 32.1. The second-order valence-corrected chi connectivity index (χ2v) is 6.42. The molecule has 0 unspecified atom stereocenters. The minimum Gasteiger partial charge on any atom is -0.484 e. The summed E-state index contributed by atoms with van der Waals surface area (Å²) in [5.74, 6) is 0.0477. The summed E-state index contributed by atoms with van der Waals surface area (Å²) in [4.78, 5) is 20.7. The summed E-state index contributed by atoms with van der Waals surface area (Å²) in [6.45, 7) is 3.80. The van der Waals surface area contributed by atoms with Crippen LogP contribution >= 0.6 is 11.3 Å². The third-order valence-electron chi connectivity index (χ3n) is 3.39. The van der Waals surface area contributed by atoms with Gasteiger partial charge in [-0.3, -0.25) is 4.79 Å². The molecule has 2 aromatic heterocycles. The molecule has 25 heavy (non-hydrogen) atoms. The number of rotatable bonds is 6. The molecule has 8 heteroatoms. The number of benzene rings is 1. The van der Waals surface area contributed by atoms with E-state index in [1.807, 2.05) is 19.2 Å². The average molecular weight is 361 g/mol. The van der Waals surface area contributed by atoms with Crippen LogP contribution in [-0.2, 0) is 6.61 Å². The molecular weight excluding hydrogens is 345 g/mol. The Morgan fingerprint density at radius 2 is 2.12 bits per heavy atom. The Labute approximate surface area is 147 Å². The molecule has 0 saturated heterocycles. The Hall–Kier alpha value is -2.74. The van der Waals surface area contributed by atoms with Crippen molar-refractivity contribution >= 4 is 17.2 Å². The second kappa shape index (κ2) is 7.43. The van der Waals surface area contributed by atoms with Crippen LogP contribution in [0.3, 0.4) is 0 Å². The lowest BCUT2D eigenvalue weighted by molar-refractivity contribution is 0.0934. The highest BCUT2D eigenvalue weighted by Gasteiger charge is 2.17. The van der Waals surface area contributed by atoms with Gasteiger partial charge in [0.1, 0.15) is 17.8 Å². The van der Waals surface area contributed by atoms with E-state index in [1.165, 1.54) is 41.9 Å². The lowest BCUT2D eigenvalue weighted by Crippen LogP contribution is -2.27. The molecule has 3 aromatic rings. The molecular formula is C17H16FN3O3S. The molecule has 2 heterocycles. The first-order valence-electron chi connectivity index (χ1n) is 7.57. The third kappa shape index (κ3) is 4.42. The Morgan fingerprint density at radius 3 is 2.80 bits per heavy atom. The lowest BCUT2D eigenvalue weighted by atomic mass is 10.2. The van der Waals surface area contributed by atoms with Gasteiger partial charge in [-0.05, 0) is 38.1 Å². The van der Waals surface area contributed by atoms with Gasteiger partial charge in [-0.1, -0.05) is 0 Å². The number of hydrogen-bond donors (Lipinski definition) is 1. The Balaban J connectivity index is 1.56. The number of ether oxygens (including phenoxy) is 1. The van der Waals surface area contributed by atoms with Crippen LogP contribution in [0.5, 0.6) is 5.75 Å². The topological polar surface area (TPSA) is 77.2 Å². The summed E-state index contributed by atoms with van der Waals surface area (Å²) < 4.78 is 23.5. The molecule has 0 aliphatic rings. The van der Waals surface area contributed by atoms with Gasteiger partial charge in [0, 0.05) is 5.38 Å². The van der Waals surface area contributed by atoms with Gasteiger partial charge in [-0.15, -0.1) is 11.3 Å². The number of aromatic nitrogens is 2. The number of amides is 1. The van der Waals surface area contributed by atoms with E-state index < -0.39 is 0 Å². The van der Waals surface area contributed by atoms with E-state index in [0.717, 1.165) is 10.7 Å². The summed E-state index contributed by atoms with van der Waals surface area (Å²) >= 11 is 1.53. The van der Waals surface area contributed by atoms with Crippen LogP contribution in [0.2, 0.25) is 0 Å². The quantitative estimate of drug-likeness (QED) is 0.725. The molecule has 1 atom stereocenters. The van der Waals surface area contributed by atoms with Crippen molar-refractivity contribution in [3.05, 3.63) is 64.0 Å². The summed E-state index contributed by atoms with van der Waals surface area (Å²) in [6, 6.07) is 5.37. The Morgan fingerprint density at radius 1 is 1.36 bits per heavy atom. The number of oxazole rings is 1. The standard InChI is InChI=1S/C17H16FN3O3S/c1-10(15-9-25-11(2)20-15)19-17(22)14-7-24-16(21-14)8-23-13-5-3-12(18)4-6-13/h3-7,9-10H,8H2,1-2H3,(H,19,22)/t10-/m1/s1. The first-order chi connectivity index (χ1) is 12.0. The molecule has 0 fully saturated rings. The van der Waals surface area contributed by atoms with Crippen molar-refractivity contribution in [3.63, 3.8) is 0 Å². The van der Waals surface area contributed by atoms with Gasteiger partial charge in [0.15, 0.2) is 12.3 Å². The minimum absolute atomic E-state index is 0.0414. The predicted octanol–water partition coefficient (Wildman–Crippen LogP) is 3.65. The van der Waals surface area contributed by atoms with E-state index in [2.05, 4.69) is 15.3 Å². The third-order valence-corrected chi connectivity index (χ3v) is 4.18. The number of carbonyl (C=O) groups is 1. The monoisotopic (exact) mass is 361 g/mol. The number of thiazole rings is 1. The van der Waals surface area contributed by atoms with Gasteiger partial charge in [-0.25, -0.2) is 14.4 Å². The van der Waals surface area contributed by atoms with E-state index in [0.29, 0.717) is 5.75 Å². The average Bonchev–Trinajstić information content (AvgIpc) is 3.23. The molecule has 0 aliphatic heterocycles. The highest BCUT2D eigenvalue weighted by molar-refractivity contribution is 7.09. The summed E-state index contributed by atoms with van der Waals surface area (Å²) in [5, 5.41) is 5.67. The van der Waals surface area contributed by atoms with Gasteiger partial charge < -0.3 is 14.5 Å². The number of aryl methyl sites for hydroxylation is 1. The fourth-order valence-electron chi connectivity index (χ4n) is 2.08. The van der Waals surface area contributed by atoms with Gasteiger partial charge >= 0.3 is 0 Å². The van der Waals surface area contributed by atoms with E-state index in [4.69, 9.17) is 9.15 Å². The van der Waals surface area contributed by atoms with Crippen LogP contribution in [0.1, 0.15) is 40.0 Å². The maximum Gasteiger partial charge on any atom is 0.273 e. The molecule has 0 bridgehead atoms. The Kier molecular flexibility index (Phi) is 5.08. The van der Waals surface area contributed by atoms with Gasteiger partial charge in [-0.2, -0.15) is 0 Å². The van der Waals surface area contributed by atoms with Gasteiger partial charge in [0.05, 0.1) is 16.7 Å². The molecule has 0 saturated carbocycles. The van der Waals surface area contributed by atoms with Gasteiger partial charge in [0.2, 0.25) is 5.89 Å². The zero-order valence-electron chi connectivity index (χ0n) is 13.7. The van der Waals surface area contributed by atoms with Crippen molar-refractivity contribution in [2.45, 2.75) is 26.5 Å². The maximum atomic E-state index is 12.8.